The summed E-state index contributed by atoms with van der Waals surface area (Å²) in [7, 11) is 0. The van der Waals surface area contributed by atoms with E-state index in [1.54, 1.807) is 6.07 Å². The van der Waals surface area contributed by atoms with Gasteiger partial charge in [0.05, 0.1) is 13.2 Å². The van der Waals surface area contributed by atoms with Crippen LogP contribution in [0.5, 0.6) is 0 Å². The molecule has 0 amide bonds. The van der Waals surface area contributed by atoms with E-state index in [0.29, 0.717) is 6.61 Å². The molecule has 0 aliphatic heterocycles. The fraction of sp³-hybridized carbons (Fsp3) is 0.500. The average molecular weight is 253 g/mol. The van der Waals surface area contributed by atoms with E-state index < -0.39 is 0 Å². The summed E-state index contributed by atoms with van der Waals surface area (Å²) in [6.07, 6.45) is 1.88. The summed E-state index contributed by atoms with van der Waals surface area (Å²) in [5, 5.41) is 3.01. The summed E-state index contributed by atoms with van der Waals surface area (Å²) in [4.78, 5) is 11.4. The molecule has 0 aliphatic carbocycles. The molecule has 1 atom stereocenters. The third kappa shape index (κ3) is 5.27. The molecule has 0 saturated carbocycles. The van der Waals surface area contributed by atoms with E-state index >= 15 is 0 Å². The molecule has 100 valence electrons. The van der Waals surface area contributed by atoms with Crippen LogP contribution in [0.25, 0.3) is 0 Å². The lowest BCUT2D eigenvalue weighted by molar-refractivity contribution is -0.142. The number of nitrogens with one attached hydrogen (secondary N) is 1. The lowest BCUT2D eigenvalue weighted by Gasteiger charge is -2.13. The maximum absolute atomic E-state index is 13.0. The highest BCUT2D eigenvalue weighted by atomic mass is 19.1. The first-order valence-electron chi connectivity index (χ1n) is 6.28. The van der Waals surface area contributed by atoms with Crippen molar-refractivity contribution in [2.45, 2.75) is 32.7 Å². The van der Waals surface area contributed by atoms with Gasteiger partial charge in [0.1, 0.15) is 5.82 Å². The average Bonchev–Trinajstić information content (AvgIpc) is 2.36. The normalized spacial score (nSPS) is 12.2. The number of unbranched alkanes of at least 4 members (excludes halogenated alkanes) is 1. The van der Waals surface area contributed by atoms with E-state index in [-0.39, 0.29) is 24.4 Å². The largest absolute Gasteiger partial charge is 0.465 e. The van der Waals surface area contributed by atoms with Gasteiger partial charge in [-0.25, -0.2) is 4.39 Å². The predicted octanol–water partition coefficient (Wildman–Crippen LogP) is 2.82. The number of hydrogen-bond donors (Lipinski definition) is 1. The molecule has 0 heterocycles. The predicted molar refractivity (Wildman–Crippen MR) is 68.7 cm³/mol. The van der Waals surface area contributed by atoms with Gasteiger partial charge in [-0.1, -0.05) is 25.5 Å². The van der Waals surface area contributed by atoms with Gasteiger partial charge in [-0.15, -0.1) is 0 Å². The van der Waals surface area contributed by atoms with Crippen LogP contribution in [-0.4, -0.2) is 19.1 Å². The molecule has 0 radical (unpaired) electrons. The zero-order valence-electron chi connectivity index (χ0n) is 10.9. The van der Waals surface area contributed by atoms with Crippen LogP contribution in [0.4, 0.5) is 4.39 Å². The molecule has 1 aromatic rings. The van der Waals surface area contributed by atoms with Crippen LogP contribution >= 0.6 is 0 Å². The van der Waals surface area contributed by atoms with E-state index in [9.17, 15) is 9.18 Å². The van der Waals surface area contributed by atoms with Crippen molar-refractivity contribution in [1.82, 2.24) is 5.32 Å². The fourth-order valence-electron chi connectivity index (χ4n) is 1.51. The number of rotatable bonds is 7. The summed E-state index contributed by atoms with van der Waals surface area (Å²) in [6.45, 7) is 4.53. The minimum Gasteiger partial charge on any atom is -0.465 e. The summed E-state index contributed by atoms with van der Waals surface area (Å²) < 4.78 is 18.0. The van der Waals surface area contributed by atoms with Crippen LogP contribution < -0.4 is 5.32 Å². The first-order chi connectivity index (χ1) is 8.63. The molecule has 1 rings (SSSR count). The first-order valence-corrected chi connectivity index (χ1v) is 6.28. The van der Waals surface area contributed by atoms with Gasteiger partial charge in [0.2, 0.25) is 0 Å². The summed E-state index contributed by atoms with van der Waals surface area (Å²) in [5.74, 6) is -0.543. The van der Waals surface area contributed by atoms with Crippen LogP contribution in [0.1, 0.15) is 38.3 Å². The van der Waals surface area contributed by atoms with Gasteiger partial charge in [-0.05, 0) is 31.0 Å². The lowest BCUT2D eigenvalue weighted by Crippen LogP contribution is -2.27. The molecule has 1 aromatic carbocycles. The second-order valence-corrected chi connectivity index (χ2v) is 4.23. The highest BCUT2D eigenvalue weighted by Gasteiger charge is 2.08. The Morgan fingerprint density at radius 3 is 2.94 bits per heavy atom. The first kappa shape index (κ1) is 14.6. The number of benzene rings is 1. The quantitative estimate of drug-likeness (QED) is 0.600. The van der Waals surface area contributed by atoms with Crippen molar-refractivity contribution in [2.75, 3.05) is 13.2 Å². The van der Waals surface area contributed by atoms with Crippen molar-refractivity contribution in [3.8, 4) is 0 Å². The molecule has 1 N–H and O–H groups in total. The highest BCUT2D eigenvalue weighted by Crippen LogP contribution is 2.12. The van der Waals surface area contributed by atoms with E-state index in [0.717, 1.165) is 18.4 Å². The lowest BCUT2D eigenvalue weighted by atomic mass is 10.1. The van der Waals surface area contributed by atoms with Crippen molar-refractivity contribution in [2.24, 2.45) is 0 Å². The Bertz CT molecular complexity index is 382. The molecule has 0 fully saturated rings. The van der Waals surface area contributed by atoms with E-state index in [2.05, 4.69) is 5.32 Å². The third-order valence-corrected chi connectivity index (χ3v) is 2.66. The summed E-state index contributed by atoms with van der Waals surface area (Å²) >= 11 is 0. The summed E-state index contributed by atoms with van der Waals surface area (Å²) in [5.41, 5.74) is 0.816. The van der Waals surface area contributed by atoms with E-state index in [4.69, 9.17) is 4.74 Å². The van der Waals surface area contributed by atoms with Crippen LogP contribution in [0.3, 0.4) is 0 Å². The van der Waals surface area contributed by atoms with Gasteiger partial charge in [0.15, 0.2) is 0 Å². The minimum absolute atomic E-state index is 0.0839. The molecule has 0 saturated heterocycles. The Kier molecular flexibility index (Phi) is 6.36. The number of esters is 1. The second kappa shape index (κ2) is 7.82. The van der Waals surface area contributed by atoms with Crippen LogP contribution in [0.15, 0.2) is 24.3 Å². The van der Waals surface area contributed by atoms with Crippen molar-refractivity contribution >= 4 is 5.97 Å². The molecule has 1 unspecified atom stereocenters. The van der Waals surface area contributed by atoms with Crippen molar-refractivity contribution in [3.05, 3.63) is 35.6 Å². The molecule has 0 bridgehead atoms. The monoisotopic (exact) mass is 253 g/mol. The maximum Gasteiger partial charge on any atom is 0.319 e. The number of halogens is 1. The van der Waals surface area contributed by atoms with Gasteiger partial charge < -0.3 is 10.1 Å². The topological polar surface area (TPSA) is 38.3 Å². The Morgan fingerprint density at radius 2 is 2.28 bits per heavy atom. The molecule has 3 nitrogen and oxygen atoms in total. The van der Waals surface area contributed by atoms with E-state index in [1.165, 1.54) is 12.1 Å². The van der Waals surface area contributed by atoms with Gasteiger partial charge in [0.25, 0.3) is 0 Å². The zero-order valence-corrected chi connectivity index (χ0v) is 10.9. The van der Waals surface area contributed by atoms with Gasteiger partial charge in [0, 0.05) is 6.04 Å². The van der Waals surface area contributed by atoms with Crippen LogP contribution in [-0.2, 0) is 9.53 Å². The number of hydrogen-bond acceptors (Lipinski definition) is 3. The van der Waals surface area contributed by atoms with Crippen molar-refractivity contribution in [1.29, 1.82) is 0 Å². The zero-order chi connectivity index (χ0) is 13.4. The fourth-order valence-corrected chi connectivity index (χ4v) is 1.51. The molecule has 18 heavy (non-hydrogen) atoms. The number of carbonyl (C=O) groups is 1. The minimum atomic E-state index is -0.272. The maximum atomic E-state index is 13.0. The number of carbonyl (C=O) groups excluding carboxylic acids is 1. The molecular formula is C14H20FNO2. The van der Waals surface area contributed by atoms with Crippen LogP contribution in [0.2, 0.25) is 0 Å². The SMILES string of the molecule is CCCCOC(=O)CNC(C)c1cccc(F)c1. The molecule has 0 aromatic heterocycles. The standard InChI is InChI=1S/C14H20FNO2/c1-3-4-8-18-14(17)10-16-11(2)12-6-5-7-13(15)9-12/h5-7,9,11,16H,3-4,8,10H2,1-2H3. The van der Waals surface area contributed by atoms with Gasteiger partial charge >= 0.3 is 5.97 Å². The second-order valence-electron chi connectivity index (χ2n) is 4.23. The van der Waals surface area contributed by atoms with Gasteiger partial charge in [-0.3, -0.25) is 4.79 Å². The van der Waals surface area contributed by atoms with Crippen LogP contribution in [0, 0.1) is 5.82 Å². The third-order valence-electron chi connectivity index (χ3n) is 2.66. The Labute approximate surface area is 107 Å². The Hall–Kier alpha value is -1.42. The highest BCUT2D eigenvalue weighted by molar-refractivity contribution is 5.71. The molecular weight excluding hydrogens is 233 g/mol. The Balaban J connectivity index is 2.32. The summed E-state index contributed by atoms with van der Waals surface area (Å²) in [6, 6.07) is 6.25. The van der Waals surface area contributed by atoms with E-state index in [1.807, 2.05) is 19.9 Å². The van der Waals surface area contributed by atoms with Gasteiger partial charge in [-0.2, -0.15) is 0 Å². The smallest absolute Gasteiger partial charge is 0.319 e. The molecule has 4 heteroatoms. The van der Waals surface area contributed by atoms with Crippen molar-refractivity contribution in [3.63, 3.8) is 0 Å². The Morgan fingerprint density at radius 1 is 1.50 bits per heavy atom. The molecule has 0 spiro atoms. The van der Waals surface area contributed by atoms with Crippen molar-refractivity contribution < 1.29 is 13.9 Å². The molecule has 0 aliphatic rings. The number of ether oxygens (including phenoxy) is 1.